The van der Waals surface area contributed by atoms with Gasteiger partial charge in [0.05, 0.1) is 4.92 Å². The van der Waals surface area contributed by atoms with Crippen molar-refractivity contribution in [3.63, 3.8) is 0 Å². The van der Waals surface area contributed by atoms with E-state index < -0.39 is 40.0 Å². The Morgan fingerprint density at radius 2 is 2.04 bits per heavy atom. The predicted octanol–water partition coefficient (Wildman–Crippen LogP) is 2.51. The second kappa shape index (κ2) is 6.15. The van der Waals surface area contributed by atoms with Crippen LogP contribution < -0.4 is 5.73 Å². The van der Waals surface area contributed by atoms with Crippen molar-refractivity contribution in [3.8, 4) is 0 Å². The minimum absolute atomic E-state index is 0.0887. The summed E-state index contributed by atoms with van der Waals surface area (Å²) < 4.78 is 38.9. The van der Waals surface area contributed by atoms with Crippen LogP contribution in [0.15, 0.2) is 28.4 Å². The lowest BCUT2D eigenvalue weighted by atomic mass is 9.97. The molecule has 0 bridgehead atoms. The molecule has 130 valence electrons. The van der Waals surface area contributed by atoms with Gasteiger partial charge in [0, 0.05) is 17.2 Å². The molecule has 1 aliphatic heterocycles. The average Bonchev–Trinajstić information content (AvgIpc) is 3.28. The molecule has 0 unspecified atom stereocenters. The number of aliphatic carboxylic acids is 1. The zero-order chi connectivity index (χ0) is 18.1. The average molecular weight is 346 g/mol. The van der Waals surface area contributed by atoms with Crippen molar-refractivity contribution in [2.24, 2.45) is 16.0 Å². The maximum atomic E-state index is 13.0. The Balaban J connectivity index is 2.19. The maximum Gasteiger partial charge on any atom is 0.442 e. The Bertz CT molecular complexity index is 699. The van der Waals surface area contributed by atoms with Crippen molar-refractivity contribution in [2.45, 2.75) is 37.1 Å². The fraction of sp³-hybridized carbons (Fsp3) is 0.462. The molecule has 0 saturated heterocycles. The van der Waals surface area contributed by atoms with Crippen LogP contribution in [-0.2, 0) is 16.9 Å². The highest BCUT2D eigenvalue weighted by atomic mass is 19.4. The van der Waals surface area contributed by atoms with E-state index in [4.69, 9.17) is 10.8 Å². The van der Waals surface area contributed by atoms with Crippen LogP contribution >= 0.6 is 0 Å². The molecular weight excluding hydrogens is 333 g/mol. The number of alkyl halides is 3. The number of nitro benzene ring substituents is 1. The number of hydrogen-bond donors (Lipinski definition) is 2. The number of nitro groups is 1. The van der Waals surface area contributed by atoms with Gasteiger partial charge in [-0.1, -0.05) is 12.1 Å². The van der Waals surface area contributed by atoms with Gasteiger partial charge in [-0.15, -0.1) is 10.2 Å². The first kappa shape index (κ1) is 17.8. The summed E-state index contributed by atoms with van der Waals surface area (Å²) in [7, 11) is 0. The molecule has 0 aromatic heterocycles. The van der Waals surface area contributed by atoms with Crippen molar-refractivity contribution in [3.05, 3.63) is 39.4 Å². The molecule has 1 heterocycles. The van der Waals surface area contributed by atoms with E-state index in [1.54, 1.807) is 0 Å². The van der Waals surface area contributed by atoms with Crippen molar-refractivity contribution in [2.75, 3.05) is 0 Å². The highest BCUT2D eigenvalue weighted by Crippen LogP contribution is 2.52. The van der Waals surface area contributed by atoms with Gasteiger partial charge in [-0.05, 0) is 19.3 Å². The summed E-state index contributed by atoms with van der Waals surface area (Å²) in [4.78, 5) is 20.9. The Kier molecular flexibility index (Phi) is 4.56. The summed E-state index contributed by atoms with van der Waals surface area (Å²) in [5.41, 5.74) is 1.89. The van der Waals surface area contributed by atoms with Gasteiger partial charge in [-0.2, -0.15) is 13.2 Å². The van der Waals surface area contributed by atoms with Crippen LogP contribution in [0.3, 0.4) is 0 Å². The fourth-order valence-electron chi connectivity index (χ4n) is 2.24. The number of carboxylic acids is 1. The number of aryl methyl sites for hydroxylation is 1. The van der Waals surface area contributed by atoms with Gasteiger partial charge in [-0.25, -0.2) is 0 Å². The quantitative estimate of drug-likeness (QED) is 0.578. The second-order valence-electron chi connectivity index (χ2n) is 5.31. The number of rotatable bonds is 7. The van der Waals surface area contributed by atoms with Gasteiger partial charge in [-0.3, -0.25) is 14.9 Å². The molecule has 1 aromatic rings. The molecule has 1 aromatic carbocycles. The Morgan fingerprint density at radius 1 is 1.42 bits per heavy atom. The lowest BCUT2D eigenvalue weighted by molar-refractivity contribution is -0.385. The van der Waals surface area contributed by atoms with Crippen LogP contribution in [0, 0.1) is 10.1 Å². The van der Waals surface area contributed by atoms with E-state index in [0.717, 1.165) is 12.1 Å². The topological polar surface area (TPSA) is 131 Å². The second-order valence-corrected chi connectivity index (χ2v) is 5.31. The molecule has 3 N–H and O–H groups in total. The van der Waals surface area contributed by atoms with Crippen LogP contribution in [-0.4, -0.2) is 28.2 Å². The zero-order valence-corrected chi connectivity index (χ0v) is 12.2. The third-order valence-electron chi connectivity index (χ3n) is 3.66. The maximum absolute atomic E-state index is 13.0. The van der Waals surface area contributed by atoms with Gasteiger partial charge in [0.25, 0.3) is 5.69 Å². The van der Waals surface area contributed by atoms with Gasteiger partial charge in [0.15, 0.2) is 0 Å². The van der Waals surface area contributed by atoms with Crippen molar-refractivity contribution in [1.29, 1.82) is 0 Å². The van der Waals surface area contributed by atoms with E-state index in [1.165, 1.54) is 6.07 Å². The summed E-state index contributed by atoms with van der Waals surface area (Å²) in [5, 5.41) is 25.8. The van der Waals surface area contributed by atoms with Crippen LogP contribution in [0.1, 0.15) is 24.0 Å². The molecular formula is C13H13F3N4O4. The van der Waals surface area contributed by atoms with E-state index in [1.807, 2.05) is 0 Å². The van der Waals surface area contributed by atoms with E-state index in [9.17, 15) is 28.1 Å². The number of carboxylic acid groups (broad SMARTS) is 1. The van der Waals surface area contributed by atoms with E-state index >= 15 is 0 Å². The number of nitrogens with zero attached hydrogens (tertiary/aromatic N) is 3. The molecule has 1 aliphatic rings. The minimum atomic E-state index is -4.77. The zero-order valence-electron chi connectivity index (χ0n) is 12.2. The third kappa shape index (κ3) is 3.35. The van der Waals surface area contributed by atoms with Crippen molar-refractivity contribution < 1.29 is 28.0 Å². The third-order valence-corrected chi connectivity index (χ3v) is 3.66. The molecule has 11 heteroatoms. The van der Waals surface area contributed by atoms with Crippen LogP contribution in [0.2, 0.25) is 0 Å². The van der Waals surface area contributed by atoms with Gasteiger partial charge in [0.1, 0.15) is 6.04 Å². The fourth-order valence-corrected chi connectivity index (χ4v) is 2.24. The number of halogens is 3. The van der Waals surface area contributed by atoms with Gasteiger partial charge in [0.2, 0.25) is 0 Å². The van der Waals surface area contributed by atoms with E-state index in [-0.39, 0.29) is 24.8 Å². The van der Waals surface area contributed by atoms with Gasteiger partial charge < -0.3 is 10.8 Å². The first-order valence-corrected chi connectivity index (χ1v) is 6.85. The van der Waals surface area contributed by atoms with Crippen molar-refractivity contribution >= 4 is 11.7 Å². The molecule has 0 amide bonds. The van der Waals surface area contributed by atoms with Crippen LogP contribution in [0.5, 0.6) is 0 Å². The highest BCUT2D eigenvalue weighted by molar-refractivity contribution is 5.72. The van der Waals surface area contributed by atoms with Crippen LogP contribution in [0.25, 0.3) is 0 Å². The smallest absolute Gasteiger partial charge is 0.442 e. The van der Waals surface area contributed by atoms with E-state index in [0.29, 0.717) is 0 Å². The molecule has 0 saturated carbocycles. The van der Waals surface area contributed by atoms with Crippen LogP contribution in [0.4, 0.5) is 18.9 Å². The first-order valence-electron chi connectivity index (χ1n) is 6.85. The lowest BCUT2D eigenvalue weighted by Gasteiger charge is -2.15. The Morgan fingerprint density at radius 3 is 2.50 bits per heavy atom. The molecule has 2 rings (SSSR count). The largest absolute Gasteiger partial charge is 0.480 e. The summed E-state index contributed by atoms with van der Waals surface area (Å²) in [5.74, 6) is -1.19. The summed E-state index contributed by atoms with van der Waals surface area (Å²) in [6, 6.07) is 2.00. The summed E-state index contributed by atoms with van der Waals surface area (Å²) >= 11 is 0. The molecule has 1 atom stereocenters. The van der Waals surface area contributed by atoms with Crippen molar-refractivity contribution in [1.82, 2.24) is 0 Å². The first-order chi connectivity index (χ1) is 11.1. The predicted molar refractivity (Wildman–Crippen MR) is 74.2 cm³/mol. The molecule has 0 aliphatic carbocycles. The number of nitrogens with two attached hydrogens (primary N) is 1. The SMILES string of the molecule is N[C@@H](CCCc1ccc(C2(C(F)(F)F)N=N2)cc1[N+](=O)[O-])C(=O)O. The highest BCUT2D eigenvalue weighted by Gasteiger charge is 2.65. The molecule has 0 spiro atoms. The van der Waals surface area contributed by atoms with Gasteiger partial charge >= 0.3 is 17.8 Å². The summed E-state index contributed by atoms with van der Waals surface area (Å²) in [6.45, 7) is 0. The normalized spacial score (nSPS) is 16.7. The molecule has 0 fully saturated rings. The standard InChI is InChI=1S/C13H13F3N4O4/c14-13(15,16)12(18-19-12)8-5-4-7(10(6-8)20(23)24)2-1-3-9(17)11(21)22/h4-6,9H,1-3,17H2,(H,21,22)/t9-/m0/s1. The lowest BCUT2D eigenvalue weighted by Crippen LogP contribution is -2.30. The Labute approximate surface area is 133 Å². The number of benzene rings is 1. The minimum Gasteiger partial charge on any atom is -0.480 e. The number of carbonyl (C=O) groups is 1. The molecule has 0 radical (unpaired) electrons. The number of hydrogen-bond acceptors (Lipinski definition) is 6. The Hall–Kier alpha value is -2.56. The monoisotopic (exact) mass is 346 g/mol. The van der Waals surface area contributed by atoms with E-state index in [2.05, 4.69) is 10.2 Å². The molecule has 24 heavy (non-hydrogen) atoms. The molecule has 8 nitrogen and oxygen atoms in total. The summed E-state index contributed by atoms with van der Waals surface area (Å²) in [6.07, 6.45) is -4.32.